The highest BCUT2D eigenvalue weighted by Gasteiger charge is 2.18. The molecule has 0 radical (unpaired) electrons. The van der Waals surface area contributed by atoms with Gasteiger partial charge in [0.2, 0.25) is 0 Å². The zero-order valence-corrected chi connectivity index (χ0v) is 16.4. The van der Waals surface area contributed by atoms with E-state index in [2.05, 4.69) is 4.98 Å². The van der Waals surface area contributed by atoms with Crippen LogP contribution in [0.5, 0.6) is 0 Å². The lowest BCUT2D eigenvalue weighted by molar-refractivity contribution is 0.621. The lowest BCUT2D eigenvalue weighted by Gasteiger charge is -2.10. The second kappa shape index (κ2) is 6.91. The first-order valence-electron chi connectivity index (χ1n) is 8.45. The Kier molecular flexibility index (Phi) is 4.58. The molecule has 136 valence electrons. The summed E-state index contributed by atoms with van der Waals surface area (Å²) in [6.07, 6.45) is 0. The Morgan fingerprint density at radius 3 is 2.59 bits per heavy atom. The summed E-state index contributed by atoms with van der Waals surface area (Å²) >= 11 is 7.51. The van der Waals surface area contributed by atoms with E-state index in [1.807, 2.05) is 31.2 Å². The van der Waals surface area contributed by atoms with Gasteiger partial charge in [0.05, 0.1) is 11.9 Å². The molecule has 27 heavy (non-hydrogen) atoms. The maximum Gasteiger partial charge on any atom is 0.263 e. The van der Waals surface area contributed by atoms with Crippen molar-refractivity contribution in [3.8, 4) is 11.1 Å². The molecule has 4 aromatic rings. The van der Waals surface area contributed by atoms with Crippen molar-refractivity contribution in [2.75, 3.05) is 0 Å². The van der Waals surface area contributed by atoms with Gasteiger partial charge >= 0.3 is 0 Å². The average Bonchev–Trinajstić information content (AvgIpc) is 2.95. The van der Waals surface area contributed by atoms with Crippen molar-refractivity contribution in [3.05, 3.63) is 86.0 Å². The first-order valence-corrected chi connectivity index (χ1v) is 9.64. The van der Waals surface area contributed by atoms with Gasteiger partial charge < -0.3 is 0 Å². The molecule has 0 aliphatic heterocycles. The highest BCUT2D eigenvalue weighted by Crippen LogP contribution is 2.36. The summed E-state index contributed by atoms with van der Waals surface area (Å²) in [5.74, 6) is 0.293. The van der Waals surface area contributed by atoms with Gasteiger partial charge in [-0.3, -0.25) is 9.36 Å². The molecule has 0 unspecified atom stereocenters. The summed E-state index contributed by atoms with van der Waals surface area (Å²) in [5, 5.41) is 1.25. The Balaban J connectivity index is 1.93. The molecular weight excluding hydrogens is 383 g/mol. The van der Waals surface area contributed by atoms with Crippen LogP contribution < -0.4 is 5.56 Å². The molecule has 0 amide bonds. The van der Waals surface area contributed by atoms with Gasteiger partial charge in [-0.2, -0.15) is 0 Å². The molecule has 3 nitrogen and oxygen atoms in total. The average molecular weight is 399 g/mol. The molecule has 4 rings (SSSR count). The van der Waals surface area contributed by atoms with Crippen LogP contribution in [0.25, 0.3) is 21.3 Å². The van der Waals surface area contributed by atoms with Crippen molar-refractivity contribution < 1.29 is 4.39 Å². The largest absolute Gasteiger partial charge is 0.292 e. The van der Waals surface area contributed by atoms with Gasteiger partial charge in [-0.05, 0) is 49.2 Å². The summed E-state index contributed by atoms with van der Waals surface area (Å²) in [6.45, 7) is 4.07. The lowest BCUT2D eigenvalue weighted by atomic mass is 10.0. The second-order valence-corrected chi connectivity index (χ2v) is 8.04. The summed E-state index contributed by atoms with van der Waals surface area (Å²) in [5.41, 5.74) is 2.43. The van der Waals surface area contributed by atoms with E-state index in [0.29, 0.717) is 16.2 Å². The number of aryl methyl sites for hydroxylation is 2. The third-order valence-electron chi connectivity index (χ3n) is 4.54. The first-order chi connectivity index (χ1) is 12.9. The van der Waals surface area contributed by atoms with Crippen molar-refractivity contribution in [1.82, 2.24) is 9.55 Å². The van der Waals surface area contributed by atoms with Crippen LogP contribution in [0, 0.1) is 19.7 Å². The maximum atomic E-state index is 13.5. The topological polar surface area (TPSA) is 34.9 Å². The number of fused-ring (bicyclic) bond motifs is 1. The summed E-state index contributed by atoms with van der Waals surface area (Å²) in [6, 6.07) is 13.7. The molecule has 0 N–H and O–H groups in total. The van der Waals surface area contributed by atoms with Crippen molar-refractivity contribution in [3.63, 3.8) is 0 Å². The molecule has 0 saturated heterocycles. The lowest BCUT2D eigenvalue weighted by Crippen LogP contribution is -2.24. The highest BCUT2D eigenvalue weighted by molar-refractivity contribution is 7.19. The molecule has 0 atom stereocenters. The van der Waals surface area contributed by atoms with E-state index in [-0.39, 0.29) is 17.9 Å². The van der Waals surface area contributed by atoms with E-state index < -0.39 is 0 Å². The quantitative estimate of drug-likeness (QED) is 0.451. The van der Waals surface area contributed by atoms with Crippen LogP contribution in [0.15, 0.2) is 53.3 Å². The highest BCUT2D eigenvalue weighted by atomic mass is 35.5. The summed E-state index contributed by atoms with van der Waals surface area (Å²) in [4.78, 5) is 19.7. The van der Waals surface area contributed by atoms with Gasteiger partial charge in [0, 0.05) is 15.5 Å². The predicted octanol–water partition coefficient (Wildman–Crippen LogP) is 5.58. The number of aromatic nitrogens is 2. The SMILES string of the molecule is Cc1sc2nc(C)n(Cc3cccc(F)c3)c(=O)c2c1-c1ccc(Cl)cc1. The molecule has 0 bridgehead atoms. The van der Waals surface area contributed by atoms with Crippen LogP contribution in [0.3, 0.4) is 0 Å². The van der Waals surface area contributed by atoms with Gasteiger partial charge in [0.25, 0.3) is 5.56 Å². The third kappa shape index (κ3) is 3.29. The van der Waals surface area contributed by atoms with Crippen LogP contribution in [0.2, 0.25) is 5.02 Å². The number of thiophene rings is 1. The van der Waals surface area contributed by atoms with E-state index in [1.54, 1.807) is 23.6 Å². The van der Waals surface area contributed by atoms with E-state index in [0.717, 1.165) is 26.4 Å². The summed E-state index contributed by atoms with van der Waals surface area (Å²) < 4.78 is 15.1. The number of hydrogen-bond acceptors (Lipinski definition) is 3. The van der Waals surface area contributed by atoms with Crippen LogP contribution in [-0.4, -0.2) is 9.55 Å². The number of rotatable bonds is 3. The Labute approximate surface area is 164 Å². The minimum atomic E-state index is -0.319. The number of nitrogens with zero attached hydrogens (tertiary/aromatic N) is 2. The number of hydrogen-bond donors (Lipinski definition) is 0. The predicted molar refractivity (Wildman–Crippen MR) is 109 cm³/mol. The molecular formula is C21H16ClFN2OS. The molecule has 2 aromatic heterocycles. The monoisotopic (exact) mass is 398 g/mol. The van der Waals surface area contributed by atoms with Crippen molar-refractivity contribution in [2.24, 2.45) is 0 Å². The van der Waals surface area contributed by atoms with Crippen LogP contribution in [0.4, 0.5) is 4.39 Å². The zero-order valence-electron chi connectivity index (χ0n) is 14.8. The molecule has 2 aromatic carbocycles. The second-order valence-electron chi connectivity index (χ2n) is 6.40. The van der Waals surface area contributed by atoms with Crippen LogP contribution in [-0.2, 0) is 6.54 Å². The Bertz CT molecular complexity index is 1210. The van der Waals surface area contributed by atoms with Crippen LogP contribution in [0.1, 0.15) is 16.3 Å². The number of benzene rings is 2. The van der Waals surface area contributed by atoms with Gasteiger partial charge in [0.1, 0.15) is 16.5 Å². The van der Waals surface area contributed by atoms with E-state index in [1.165, 1.54) is 23.5 Å². The molecule has 2 heterocycles. The fourth-order valence-electron chi connectivity index (χ4n) is 3.26. The van der Waals surface area contributed by atoms with Gasteiger partial charge in [0.15, 0.2) is 0 Å². The Hall–Kier alpha value is -2.50. The Morgan fingerprint density at radius 2 is 1.89 bits per heavy atom. The molecule has 0 aliphatic rings. The number of halogens is 2. The Morgan fingerprint density at radius 1 is 1.15 bits per heavy atom. The van der Waals surface area contributed by atoms with Crippen molar-refractivity contribution >= 4 is 33.2 Å². The minimum Gasteiger partial charge on any atom is -0.292 e. The fraction of sp³-hybridized carbons (Fsp3) is 0.143. The smallest absolute Gasteiger partial charge is 0.263 e. The van der Waals surface area contributed by atoms with Gasteiger partial charge in [-0.15, -0.1) is 11.3 Å². The maximum absolute atomic E-state index is 13.5. The summed E-state index contributed by atoms with van der Waals surface area (Å²) in [7, 11) is 0. The molecule has 6 heteroatoms. The van der Waals surface area contributed by atoms with Crippen LogP contribution >= 0.6 is 22.9 Å². The van der Waals surface area contributed by atoms with Crippen molar-refractivity contribution in [1.29, 1.82) is 0 Å². The standard InChI is InChI=1S/C21H16ClFN2OS/c1-12-18(15-6-8-16(22)9-7-15)19-20(27-12)24-13(2)25(21(19)26)11-14-4-3-5-17(23)10-14/h3-10H,11H2,1-2H3. The van der Waals surface area contributed by atoms with E-state index >= 15 is 0 Å². The molecule has 0 saturated carbocycles. The molecule has 0 fully saturated rings. The minimum absolute atomic E-state index is 0.115. The molecule has 0 spiro atoms. The van der Waals surface area contributed by atoms with Gasteiger partial charge in [-0.1, -0.05) is 35.9 Å². The van der Waals surface area contributed by atoms with E-state index in [4.69, 9.17) is 11.6 Å². The van der Waals surface area contributed by atoms with Gasteiger partial charge in [-0.25, -0.2) is 9.37 Å². The van der Waals surface area contributed by atoms with Crippen molar-refractivity contribution in [2.45, 2.75) is 20.4 Å². The molecule has 0 aliphatic carbocycles. The first kappa shape index (κ1) is 17.9. The van der Waals surface area contributed by atoms with E-state index in [9.17, 15) is 9.18 Å². The zero-order chi connectivity index (χ0) is 19.1. The normalized spacial score (nSPS) is 11.3. The fourth-order valence-corrected chi connectivity index (χ4v) is 4.47. The third-order valence-corrected chi connectivity index (χ3v) is 5.79.